The fraction of sp³-hybridized carbons (Fsp3) is 0.500. The van der Waals surface area contributed by atoms with Crippen molar-refractivity contribution in [2.24, 2.45) is 5.92 Å². The van der Waals surface area contributed by atoms with Crippen molar-refractivity contribution in [1.29, 1.82) is 0 Å². The number of aromatic nitrogens is 2. The van der Waals surface area contributed by atoms with Crippen LogP contribution in [-0.4, -0.2) is 39.8 Å². The molecule has 2 aromatic heterocycles. The van der Waals surface area contributed by atoms with Crippen LogP contribution in [0.4, 0.5) is 0 Å². The molecule has 1 atom stereocenters. The van der Waals surface area contributed by atoms with Gasteiger partial charge in [0.2, 0.25) is 0 Å². The Bertz CT molecular complexity index is 686. The molecule has 0 radical (unpaired) electrons. The van der Waals surface area contributed by atoms with E-state index in [0.717, 1.165) is 36.6 Å². The van der Waals surface area contributed by atoms with Gasteiger partial charge in [-0.05, 0) is 37.8 Å². The maximum absolute atomic E-state index is 12.5. The molecule has 110 valence electrons. The highest BCUT2D eigenvalue weighted by atomic mass is 16.6. The smallest absolute Gasteiger partial charge is 0.343 e. The molecule has 0 saturated carbocycles. The number of pyridine rings is 1. The fourth-order valence-corrected chi connectivity index (χ4v) is 3.53. The molecule has 0 N–H and O–H groups in total. The second-order valence-electron chi connectivity index (χ2n) is 6.10. The molecule has 3 aliphatic heterocycles. The average Bonchev–Trinajstić information content (AvgIpc) is 2.94. The predicted octanol–water partition coefficient (Wildman–Crippen LogP) is 2.24. The zero-order valence-electron chi connectivity index (χ0n) is 12.2. The van der Waals surface area contributed by atoms with Crippen LogP contribution in [-0.2, 0) is 4.74 Å². The summed E-state index contributed by atoms with van der Waals surface area (Å²) in [5, 5.41) is 4.28. The number of hydrogen-bond acceptors (Lipinski definition) is 4. The third-order valence-corrected chi connectivity index (χ3v) is 4.79. The lowest BCUT2D eigenvalue weighted by Crippen LogP contribution is -2.50. The van der Waals surface area contributed by atoms with Gasteiger partial charge in [0.15, 0.2) is 6.23 Å². The van der Waals surface area contributed by atoms with E-state index >= 15 is 0 Å². The number of carbonyl (C=O) groups is 1. The van der Waals surface area contributed by atoms with Crippen LogP contribution in [0.15, 0.2) is 24.4 Å². The molecule has 5 rings (SSSR count). The van der Waals surface area contributed by atoms with E-state index in [0.29, 0.717) is 5.56 Å². The van der Waals surface area contributed by atoms with Gasteiger partial charge in [0.25, 0.3) is 0 Å². The lowest BCUT2D eigenvalue weighted by Gasteiger charge is -2.44. The number of nitrogens with zero attached hydrogens (tertiary/aromatic N) is 3. The number of piperidine rings is 3. The van der Waals surface area contributed by atoms with E-state index in [9.17, 15) is 4.79 Å². The molecule has 5 heteroatoms. The zero-order chi connectivity index (χ0) is 14.4. The molecule has 3 fully saturated rings. The summed E-state index contributed by atoms with van der Waals surface area (Å²) in [7, 11) is 0. The van der Waals surface area contributed by atoms with E-state index in [-0.39, 0.29) is 12.2 Å². The van der Waals surface area contributed by atoms with Crippen molar-refractivity contribution in [2.45, 2.75) is 32.4 Å². The molecule has 2 bridgehead atoms. The minimum atomic E-state index is -0.256. The Morgan fingerprint density at radius 2 is 2.14 bits per heavy atom. The minimum absolute atomic E-state index is 0.0511. The van der Waals surface area contributed by atoms with Crippen LogP contribution in [0.1, 0.15) is 35.3 Å². The quantitative estimate of drug-likeness (QED) is 0.794. The van der Waals surface area contributed by atoms with E-state index < -0.39 is 0 Å². The first-order chi connectivity index (χ1) is 10.2. The number of hydrogen-bond donors (Lipinski definition) is 0. The van der Waals surface area contributed by atoms with Crippen molar-refractivity contribution in [3.05, 3.63) is 35.7 Å². The highest BCUT2D eigenvalue weighted by Crippen LogP contribution is 2.32. The molecule has 2 aromatic rings. The van der Waals surface area contributed by atoms with Gasteiger partial charge in [-0.1, -0.05) is 6.07 Å². The van der Waals surface area contributed by atoms with Crippen LogP contribution in [0.2, 0.25) is 0 Å². The van der Waals surface area contributed by atoms with Gasteiger partial charge in [-0.25, -0.2) is 9.31 Å². The molecule has 3 aliphatic rings. The Hall–Kier alpha value is -1.88. The van der Waals surface area contributed by atoms with Crippen LogP contribution in [0, 0.1) is 12.8 Å². The second kappa shape index (κ2) is 4.84. The van der Waals surface area contributed by atoms with Crippen LogP contribution < -0.4 is 0 Å². The number of esters is 1. The predicted molar refractivity (Wildman–Crippen MR) is 78.0 cm³/mol. The first-order valence-electron chi connectivity index (χ1n) is 7.61. The van der Waals surface area contributed by atoms with Gasteiger partial charge in [-0.3, -0.25) is 4.90 Å². The zero-order valence-corrected chi connectivity index (χ0v) is 12.2. The number of ether oxygens (including phenoxy) is 1. The lowest BCUT2D eigenvalue weighted by molar-refractivity contribution is -0.0899. The van der Waals surface area contributed by atoms with E-state index in [4.69, 9.17) is 4.74 Å². The molecule has 0 aromatic carbocycles. The molecular weight excluding hydrogens is 266 g/mol. The van der Waals surface area contributed by atoms with E-state index in [1.807, 2.05) is 25.1 Å². The van der Waals surface area contributed by atoms with Crippen molar-refractivity contribution in [1.82, 2.24) is 14.5 Å². The number of aryl methyl sites for hydroxylation is 1. The second-order valence-corrected chi connectivity index (χ2v) is 6.10. The molecular formula is C16H19N3O2. The average molecular weight is 285 g/mol. The first-order valence-corrected chi connectivity index (χ1v) is 7.61. The van der Waals surface area contributed by atoms with Gasteiger partial charge < -0.3 is 4.74 Å². The number of fused-ring (bicyclic) bond motifs is 4. The standard InChI is InChI=1S/C16H19N3O2/c1-11-3-2-4-14-13(10-17-19(11)14)16(20)21-15-9-12-5-7-18(15)8-6-12/h2-4,10,12,15H,5-9H2,1H3/t15-/m1/s1. The molecule has 0 amide bonds. The van der Waals surface area contributed by atoms with Crippen molar-refractivity contribution in [3.8, 4) is 0 Å². The Balaban J connectivity index is 1.58. The summed E-state index contributed by atoms with van der Waals surface area (Å²) in [6.07, 6.45) is 5.02. The van der Waals surface area contributed by atoms with E-state index in [1.54, 1.807) is 10.7 Å². The van der Waals surface area contributed by atoms with Crippen molar-refractivity contribution < 1.29 is 9.53 Å². The number of carbonyl (C=O) groups excluding carboxylic acids is 1. The highest BCUT2D eigenvalue weighted by Gasteiger charge is 2.36. The van der Waals surface area contributed by atoms with Gasteiger partial charge in [0.1, 0.15) is 5.56 Å². The fourth-order valence-electron chi connectivity index (χ4n) is 3.53. The Morgan fingerprint density at radius 1 is 1.33 bits per heavy atom. The third-order valence-electron chi connectivity index (χ3n) is 4.79. The number of rotatable bonds is 2. The Morgan fingerprint density at radius 3 is 2.86 bits per heavy atom. The topological polar surface area (TPSA) is 46.8 Å². The lowest BCUT2D eigenvalue weighted by atomic mass is 9.87. The van der Waals surface area contributed by atoms with E-state index in [2.05, 4.69) is 10.00 Å². The summed E-state index contributed by atoms with van der Waals surface area (Å²) in [5.74, 6) is 0.465. The largest absolute Gasteiger partial charge is 0.443 e. The Labute approximate surface area is 123 Å². The third kappa shape index (κ3) is 2.12. The van der Waals surface area contributed by atoms with Crippen LogP contribution in [0.25, 0.3) is 5.52 Å². The van der Waals surface area contributed by atoms with Gasteiger partial charge in [-0.2, -0.15) is 5.10 Å². The molecule has 0 aliphatic carbocycles. The van der Waals surface area contributed by atoms with Crippen molar-refractivity contribution in [2.75, 3.05) is 13.1 Å². The van der Waals surface area contributed by atoms with Crippen LogP contribution >= 0.6 is 0 Å². The van der Waals surface area contributed by atoms with Crippen molar-refractivity contribution >= 4 is 11.5 Å². The SMILES string of the molecule is Cc1cccc2c(C(=O)O[C@@H]3CC4CCN3CC4)cnn12. The minimum Gasteiger partial charge on any atom is -0.443 e. The maximum Gasteiger partial charge on any atom is 0.343 e. The molecule has 5 nitrogen and oxygen atoms in total. The first kappa shape index (κ1) is 12.8. The maximum atomic E-state index is 12.5. The molecule has 0 unspecified atom stereocenters. The van der Waals surface area contributed by atoms with Gasteiger partial charge in [-0.15, -0.1) is 0 Å². The summed E-state index contributed by atoms with van der Waals surface area (Å²) >= 11 is 0. The summed E-state index contributed by atoms with van der Waals surface area (Å²) in [5.41, 5.74) is 2.38. The van der Waals surface area contributed by atoms with Gasteiger partial charge >= 0.3 is 5.97 Å². The summed E-state index contributed by atoms with van der Waals surface area (Å²) in [4.78, 5) is 14.8. The highest BCUT2D eigenvalue weighted by molar-refractivity contribution is 5.96. The van der Waals surface area contributed by atoms with Gasteiger partial charge in [0.05, 0.1) is 11.7 Å². The van der Waals surface area contributed by atoms with Crippen LogP contribution in [0.5, 0.6) is 0 Å². The molecule has 5 heterocycles. The van der Waals surface area contributed by atoms with Crippen molar-refractivity contribution in [3.63, 3.8) is 0 Å². The normalized spacial score (nSPS) is 28.0. The summed E-state index contributed by atoms with van der Waals surface area (Å²) in [6, 6.07) is 5.82. The Kier molecular flexibility index (Phi) is 2.96. The molecule has 21 heavy (non-hydrogen) atoms. The van der Waals surface area contributed by atoms with E-state index in [1.165, 1.54) is 12.8 Å². The monoisotopic (exact) mass is 285 g/mol. The molecule has 0 spiro atoms. The van der Waals surface area contributed by atoms with Gasteiger partial charge in [0, 0.05) is 25.2 Å². The summed E-state index contributed by atoms with van der Waals surface area (Å²) in [6.45, 7) is 4.08. The van der Waals surface area contributed by atoms with Crippen LogP contribution in [0.3, 0.4) is 0 Å². The summed E-state index contributed by atoms with van der Waals surface area (Å²) < 4.78 is 7.53. The molecule has 3 saturated heterocycles.